The highest BCUT2D eigenvalue weighted by atomic mass is 16.5. The van der Waals surface area contributed by atoms with Crippen LogP contribution in [0.3, 0.4) is 0 Å². The van der Waals surface area contributed by atoms with Crippen molar-refractivity contribution < 1.29 is 19.4 Å². The number of aliphatic hydroxyl groups excluding tert-OH is 1. The van der Waals surface area contributed by atoms with E-state index in [1.54, 1.807) is 37.3 Å². The number of esters is 1. The van der Waals surface area contributed by atoms with Gasteiger partial charge in [-0.3, -0.25) is 23.9 Å². The van der Waals surface area contributed by atoms with Crippen molar-refractivity contribution in [3.63, 3.8) is 0 Å². The van der Waals surface area contributed by atoms with Crippen LogP contribution in [0, 0.1) is 47.0 Å². The summed E-state index contributed by atoms with van der Waals surface area (Å²) in [6.07, 6.45) is 5.68. The van der Waals surface area contributed by atoms with Gasteiger partial charge in [0.1, 0.15) is 24.1 Å². The van der Waals surface area contributed by atoms with E-state index >= 15 is 0 Å². The Morgan fingerprint density at radius 2 is 1.96 bits per heavy atom. The number of aryl methyl sites for hydroxylation is 1. The first kappa shape index (κ1) is 35.7. The molecule has 0 amide bonds. The van der Waals surface area contributed by atoms with Gasteiger partial charge in [0.2, 0.25) is 0 Å². The number of carbonyl (C=O) groups excluding carboxylic acids is 2. The second-order valence-electron chi connectivity index (χ2n) is 13.9. The van der Waals surface area contributed by atoms with Gasteiger partial charge >= 0.3 is 11.7 Å². The van der Waals surface area contributed by atoms with Crippen LogP contribution in [-0.4, -0.2) is 45.2 Å². The summed E-state index contributed by atoms with van der Waals surface area (Å²) in [4.78, 5) is 53.0. The van der Waals surface area contributed by atoms with Crippen molar-refractivity contribution in [2.24, 2.45) is 39.6 Å². The summed E-state index contributed by atoms with van der Waals surface area (Å²) in [6, 6.07) is 7.10. The number of carbonyl (C=O) groups is 2. The molecule has 1 aromatic heterocycles. The summed E-state index contributed by atoms with van der Waals surface area (Å²) in [6.45, 7) is 16.0. The van der Waals surface area contributed by atoms with Crippen LogP contribution in [0.1, 0.15) is 77.0 Å². The highest BCUT2D eigenvalue weighted by Crippen LogP contribution is 2.57. The normalized spacial score (nSPS) is 30.1. The third kappa shape index (κ3) is 7.10. The largest absolute Gasteiger partial charge is 0.460 e. The first-order valence-corrected chi connectivity index (χ1v) is 16.4. The van der Waals surface area contributed by atoms with E-state index in [9.17, 15) is 24.3 Å². The van der Waals surface area contributed by atoms with Gasteiger partial charge in [0.25, 0.3) is 5.56 Å². The molecule has 2 aromatic rings. The molecule has 0 saturated heterocycles. The van der Waals surface area contributed by atoms with Crippen LogP contribution in [-0.2, 0) is 20.9 Å². The quantitative estimate of drug-likeness (QED) is 0.152. The number of hydrogen-bond acceptors (Lipinski definition) is 9. The number of aromatic amines is 1. The summed E-state index contributed by atoms with van der Waals surface area (Å²) in [7, 11) is 0. The molecular formula is C36H49N5O6. The summed E-state index contributed by atoms with van der Waals surface area (Å²) in [5.41, 5.74) is 7.56. The molecule has 5 unspecified atom stereocenters. The third-order valence-corrected chi connectivity index (χ3v) is 11.1. The Hall–Kier alpha value is -4.12. The zero-order valence-corrected chi connectivity index (χ0v) is 28.3. The van der Waals surface area contributed by atoms with Crippen LogP contribution in [0.15, 0.2) is 64.0 Å². The van der Waals surface area contributed by atoms with Gasteiger partial charge < -0.3 is 15.2 Å². The van der Waals surface area contributed by atoms with Gasteiger partial charge in [0, 0.05) is 46.7 Å². The number of hydrogen-bond donors (Lipinski definition) is 4. The second kappa shape index (κ2) is 14.3. The molecule has 4 rings (SSSR count). The predicted octanol–water partition coefficient (Wildman–Crippen LogP) is 4.96. The summed E-state index contributed by atoms with van der Waals surface area (Å²) in [5, 5.41) is 18.1. The Labute approximate surface area is 276 Å². The molecule has 11 heteroatoms. The highest BCUT2D eigenvalue weighted by Gasteiger charge is 2.60. The highest BCUT2D eigenvalue weighted by molar-refractivity contribution is 5.84. The van der Waals surface area contributed by atoms with Crippen LogP contribution in [0.25, 0.3) is 5.70 Å². The molecule has 2 saturated carbocycles. The van der Waals surface area contributed by atoms with Crippen molar-refractivity contribution >= 4 is 17.4 Å². The van der Waals surface area contributed by atoms with E-state index in [1.165, 1.54) is 17.0 Å². The lowest BCUT2D eigenvalue weighted by Crippen LogP contribution is -2.57. The lowest BCUT2D eigenvalue weighted by Gasteiger charge is -2.54. The number of ketones is 1. The van der Waals surface area contributed by atoms with Crippen molar-refractivity contribution in [1.29, 1.82) is 5.53 Å². The van der Waals surface area contributed by atoms with Crippen LogP contribution in [0.5, 0.6) is 0 Å². The smallest absolute Gasteiger partial charge is 0.328 e. The number of aliphatic hydroxyl groups is 1. The van der Waals surface area contributed by atoms with Crippen LogP contribution >= 0.6 is 0 Å². The number of Topliss-reactive ketones (excluding diaryl/α,β-unsaturated/α-hetero) is 1. The Bertz CT molecular complexity index is 1640. The third-order valence-electron chi connectivity index (χ3n) is 11.1. The van der Waals surface area contributed by atoms with Gasteiger partial charge in [-0.25, -0.2) is 10.3 Å². The zero-order valence-electron chi connectivity index (χ0n) is 28.3. The molecule has 254 valence electrons. The fourth-order valence-corrected chi connectivity index (χ4v) is 7.78. The first-order chi connectivity index (χ1) is 22.2. The average molecular weight is 648 g/mol. The fourth-order valence-electron chi connectivity index (χ4n) is 7.78. The van der Waals surface area contributed by atoms with E-state index in [1.807, 2.05) is 13.8 Å². The molecule has 8 atom stereocenters. The summed E-state index contributed by atoms with van der Waals surface area (Å²) in [5.74, 6) is -0.729. The standard InChI is InChI=1S/C36H49N5O6/c1-8-22(4)36(7)29(16-35(6,9-2)32(44)23(5)26-14-15-28(42)31(26)36)47-30(43)18-38-17-27(40-37)25-12-10-24(11-13-25)20-41-19-21(3)33(45)39-34(41)46/h9-13,17,19,22-23,26,29,31-32,37-38,44H,2,8,14-16,18,20H2,1,3-7H3,(H,39,45,46)/b27-17-,40-37?/t22?,23?,26?,29?,31?,32-,35+,36-/m0/s1. The maximum atomic E-state index is 13.5. The van der Waals surface area contributed by atoms with Crippen molar-refractivity contribution in [2.75, 3.05) is 6.54 Å². The van der Waals surface area contributed by atoms with Gasteiger partial charge in [-0.2, -0.15) is 5.11 Å². The van der Waals surface area contributed by atoms with Gasteiger partial charge in [-0.05, 0) is 43.1 Å². The molecule has 1 heterocycles. The van der Waals surface area contributed by atoms with Crippen LogP contribution in [0.4, 0.5) is 0 Å². The van der Waals surface area contributed by atoms with E-state index in [4.69, 9.17) is 10.3 Å². The number of ether oxygens (including phenoxy) is 1. The van der Waals surface area contributed by atoms with Crippen LogP contribution in [0.2, 0.25) is 0 Å². The van der Waals surface area contributed by atoms with E-state index in [0.717, 1.165) is 12.0 Å². The molecule has 0 spiro atoms. The Kier molecular flexibility index (Phi) is 10.9. The Morgan fingerprint density at radius 3 is 2.57 bits per heavy atom. The van der Waals surface area contributed by atoms with Crippen molar-refractivity contribution in [1.82, 2.24) is 14.9 Å². The summed E-state index contributed by atoms with van der Waals surface area (Å²) >= 11 is 0. The minimum absolute atomic E-state index is 0.0206. The minimum Gasteiger partial charge on any atom is -0.460 e. The number of benzene rings is 1. The number of fused-ring (bicyclic) bond motifs is 1. The van der Waals surface area contributed by atoms with Crippen LogP contribution < -0.4 is 16.6 Å². The minimum atomic E-state index is -0.739. The molecule has 11 nitrogen and oxygen atoms in total. The van der Waals surface area contributed by atoms with Gasteiger partial charge in [-0.15, -0.1) is 6.58 Å². The van der Waals surface area contributed by atoms with E-state index in [2.05, 4.69) is 42.8 Å². The van der Waals surface area contributed by atoms with Gasteiger partial charge in [-0.1, -0.05) is 71.4 Å². The lowest BCUT2D eigenvalue weighted by atomic mass is 9.53. The first-order valence-electron chi connectivity index (χ1n) is 16.4. The Balaban J connectivity index is 1.51. The van der Waals surface area contributed by atoms with E-state index < -0.39 is 40.3 Å². The molecule has 4 N–H and O–H groups in total. The SMILES string of the molecule is C=C[C@]1(C)CC(OC(=O)CN/C=C(\N=N)c2ccc(Cn3cc(C)c(=O)[nH]c3=O)cc2)[C@](C)(C(C)CC)C2C(=O)CCC2C(C)[C@@H]1O. The zero-order chi connectivity index (χ0) is 34.7. The molecule has 0 bridgehead atoms. The van der Waals surface area contributed by atoms with Crippen molar-refractivity contribution in [3.05, 3.63) is 86.8 Å². The second-order valence-corrected chi connectivity index (χ2v) is 13.9. The topological polar surface area (TPSA) is 167 Å². The molecule has 2 aliphatic carbocycles. The molecular weight excluding hydrogens is 598 g/mol. The molecule has 0 aliphatic heterocycles. The van der Waals surface area contributed by atoms with Crippen molar-refractivity contribution in [2.45, 2.75) is 86.0 Å². The number of aromatic nitrogens is 2. The fraction of sp³-hybridized carbons (Fsp3) is 0.556. The monoisotopic (exact) mass is 647 g/mol. The number of rotatable bonds is 11. The predicted molar refractivity (Wildman–Crippen MR) is 179 cm³/mol. The number of nitrogens with one attached hydrogen (secondary N) is 3. The van der Waals surface area contributed by atoms with Gasteiger partial charge in [0.05, 0.1) is 12.6 Å². The van der Waals surface area contributed by atoms with E-state index in [0.29, 0.717) is 30.4 Å². The molecule has 47 heavy (non-hydrogen) atoms. The van der Waals surface area contributed by atoms with Crippen molar-refractivity contribution in [3.8, 4) is 0 Å². The Morgan fingerprint density at radius 1 is 1.28 bits per heavy atom. The maximum absolute atomic E-state index is 13.5. The number of H-pyrrole nitrogens is 1. The molecule has 1 aromatic carbocycles. The average Bonchev–Trinajstić information content (AvgIpc) is 3.45. The number of nitrogens with zero attached hydrogens (tertiary/aromatic N) is 2. The molecule has 0 radical (unpaired) electrons. The maximum Gasteiger partial charge on any atom is 0.328 e. The van der Waals surface area contributed by atoms with Gasteiger partial charge in [0.15, 0.2) is 0 Å². The molecule has 2 aliphatic rings. The molecule has 2 fully saturated rings. The van der Waals surface area contributed by atoms with E-state index in [-0.39, 0.29) is 48.2 Å². The summed E-state index contributed by atoms with van der Waals surface area (Å²) < 4.78 is 7.66. The lowest BCUT2D eigenvalue weighted by molar-refractivity contribution is -0.180.